The number of carbonyl (C=O) groups is 1. The zero-order valence-electron chi connectivity index (χ0n) is 19.8. The Kier molecular flexibility index (Phi) is 9.62. The summed E-state index contributed by atoms with van der Waals surface area (Å²) in [6.45, 7) is 11.8. The van der Waals surface area contributed by atoms with Gasteiger partial charge in [-0.15, -0.1) is 0 Å². The Balaban J connectivity index is 1.42. The Labute approximate surface area is 197 Å². The predicted octanol–water partition coefficient (Wildman–Crippen LogP) is 1.68. The van der Waals surface area contributed by atoms with E-state index in [0.29, 0.717) is 18.3 Å². The molecule has 1 aromatic heterocycles. The summed E-state index contributed by atoms with van der Waals surface area (Å²) in [4.78, 5) is 21.3. The Morgan fingerprint density at radius 3 is 3.00 bits per heavy atom. The van der Waals surface area contributed by atoms with Crippen LogP contribution in [-0.4, -0.2) is 97.5 Å². The van der Waals surface area contributed by atoms with Crippen LogP contribution in [0.1, 0.15) is 23.8 Å². The molecule has 0 saturated carbocycles. The number of aromatic nitrogens is 1. The number of hydrogen-bond donors (Lipinski definition) is 3. The number of pyridine rings is 1. The van der Waals surface area contributed by atoms with Crippen LogP contribution in [-0.2, 0) is 4.74 Å². The van der Waals surface area contributed by atoms with E-state index in [0.717, 1.165) is 51.4 Å². The first-order chi connectivity index (χ1) is 16.0. The molecule has 0 unspecified atom stereocenters. The van der Waals surface area contributed by atoms with Crippen LogP contribution >= 0.6 is 0 Å². The molecule has 8 nitrogen and oxygen atoms in total. The molecule has 1 aromatic rings. The molecular formula is C25H37N5O3. The van der Waals surface area contributed by atoms with E-state index < -0.39 is 6.10 Å². The number of ether oxygens (including phenoxy) is 1. The highest BCUT2D eigenvalue weighted by Gasteiger charge is 2.26. The molecule has 8 heteroatoms. The summed E-state index contributed by atoms with van der Waals surface area (Å²) in [7, 11) is 1.71. The first-order valence-corrected chi connectivity index (χ1v) is 11.6. The summed E-state index contributed by atoms with van der Waals surface area (Å²) in [6, 6.07) is 3.99. The number of likely N-dealkylation sites (tertiary alicyclic amines) is 1. The van der Waals surface area contributed by atoms with Crippen LogP contribution in [0.15, 0.2) is 54.3 Å². The van der Waals surface area contributed by atoms with E-state index in [1.165, 1.54) is 11.1 Å². The molecule has 1 atom stereocenters. The van der Waals surface area contributed by atoms with Crippen LogP contribution in [0.4, 0.5) is 5.69 Å². The van der Waals surface area contributed by atoms with Gasteiger partial charge in [-0.3, -0.25) is 19.6 Å². The first kappa shape index (κ1) is 25.1. The molecule has 2 aliphatic rings. The maximum atomic E-state index is 12.6. The molecule has 1 amide bonds. The number of aliphatic hydroxyl groups excluding tert-OH is 1. The number of allylic oxidation sites excluding steroid dienone is 2. The van der Waals surface area contributed by atoms with Crippen LogP contribution in [0.5, 0.6) is 0 Å². The maximum absolute atomic E-state index is 12.6. The van der Waals surface area contributed by atoms with Crippen LogP contribution in [0.25, 0.3) is 0 Å². The number of carbonyl (C=O) groups excluding carboxylic acids is 1. The van der Waals surface area contributed by atoms with Crippen molar-refractivity contribution >= 4 is 11.6 Å². The highest BCUT2D eigenvalue weighted by atomic mass is 16.5. The van der Waals surface area contributed by atoms with Crippen molar-refractivity contribution in [3.05, 3.63) is 60.0 Å². The second-order valence-electron chi connectivity index (χ2n) is 8.77. The van der Waals surface area contributed by atoms with Gasteiger partial charge in [-0.25, -0.2) is 0 Å². The number of anilines is 1. The third-order valence-electron chi connectivity index (χ3n) is 6.08. The van der Waals surface area contributed by atoms with Crippen LogP contribution in [0.2, 0.25) is 0 Å². The van der Waals surface area contributed by atoms with Gasteiger partial charge in [0.15, 0.2) is 0 Å². The summed E-state index contributed by atoms with van der Waals surface area (Å²) in [5.74, 6) is -0.281. The van der Waals surface area contributed by atoms with Gasteiger partial charge in [0.1, 0.15) is 5.69 Å². The molecule has 0 radical (unpaired) electrons. The molecule has 0 bridgehead atoms. The van der Waals surface area contributed by atoms with E-state index in [-0.39, 0.29) is 12.5 Å². The van der Waals surface area contributed by atoms with E-state index in [2.05, 4.69) is 45.0 Å². The largest absolute Gasteiger partial charge is 0.390 e. The van der Waals surface area contributed by atoms with E-state index in [4.69, 9.17) is 4.74 Å². The Hall–Kier alpha value is -2.52. The average Bonchev–Trinajstić information content (AvgIpc) is 2.79. The average molecular weight is 456 g/mol. The summed E-state index contributed by atoms with van der Waals surface area (Å²) < 4.78 is 5.11. The molecule has 180 valence electrons. The lowest BCUT2D eigenvalue weighted by atomic mass is 10.0. The number of methoxy groups -OCH3 is 1. The van der Waals surface area contributed by atoms with Gasteiger partial charge in [0.2, 0.25) is 0 Å². The fourth-order valence-corrected chi connectivity index (χ4v) is 4.08. The summed E-state index contributed by atoms with van der Waals surface area (Å²) in [5, 5.41) is 16.7. The SMILES string of the molecule is C=C/C=C\C1=C(C)CCN(C[C@@H](O)CNC(=O)c2cc(NC3CN(CCOC)C3)ccn2)C1. The monoisotopic (exact) mass is 455 g/mol. The lowest BCUT2D eigenvalue weighted by molar-refractivity contribution is 0.0860. The van der Waals surface area contributed by atoms with Crippen LogP contribution in [0, 0.1) is 0 Å². The number of rotatable bonds is 12. The molecule has 0 spiro atoms. The van der Waals surface area contributed by atoms with Crippen LogP contribution in [0.3, 0.4) is 0 Å². The van der Waals surface area contributed by atoms with Crippen molar-refractivity contribution in [2.45, 2.75) is 25.5 Å². The number of amides is 1. The van der Waals surface area contributed by atoms with E-state index in [9.17, 15) is 9.90 Å². The summed E-state index contributed by atoms with van der Waals surface area (Å²) >= 11 is 0. The minimum absolute atomic E-state index is 0.187. The number of nitrogens with zero attached hydrogens (tertiary/aromatic N) is 3. The van der Waals surface area contributed by atoms with Crippen molar-refractivity contribution in [1.29, 1.82) is 0 Å². The smallest absolute Gasteiger partial charge is 0.270 e. The molecule has 3 rings (SSSR count). The van der Waals surface area contributed by atoms with Crippen molar-refractivity contribution in [3.8, 4) is 0 Å². The minimum Gasteiger partial charge on any atom is -0.390 e. The molecule has 0 aliphatic carbocycles. The van der Waals surface area contributed by atoms with E-state index in [1.54, 1.807) is 25.4 Å². The van der Waals surface area contributed by atoms with Crippen molar-refractivity contribution in [2.75, 3.05) is 64.8 Å². The topological polar surface area (TPSA) is 90.0 Å². The molecule has 1 fully saturated rings. The van der Waals surface area contributed by atoms with Crippen LogP contribution < -0.4 is 10.6 Å². The van der Waals surface area contributed by atoms with Gasteiger partial charge in [-0.05, 0) is 31.1 Å². The third kappa shape index (κ3) is 7.78. The van der Waals surface area contributed by atoms with E-state index in [1.807, 2.05) is 12.1 Å². The lowest BCUT2D eigenvalue weighted by Crippen LogP contribution is -2.55. The van der Waals surface area contributed by atoms with Gasteiger partial charge in [-0.1, -0.05) is 30.4 Å². The summed E-state index contributed by atoms with van der Waals surface area (Å²) in [5.41, 5.74) is 3.86. The standard InChI is InChI=1S/C25H37N5O3/c1-4-5-6-20-15-29(10-8-19(20)2)18-23(31)14-27-25(32)24-13-21(7-9-26-24)28-22-16-30(17-22)11-12-33-3/h4-7,9,13,22-23,31H,1,8,10-12,14-18H2,2-3H3,(H,26,28)(H,27,32)/b6-5-/t23-/m0/s1. The predicted molar refractivity (Wildman–Crippen MR) is 131 cm³/mol. The number of β-amino-alcohol motifs (C(OH)–C–C–N with tert-alkyl or cyclic N) is 1. The normalized spacial score (nSPS) is 18.9. The highest BCUT2D eigenvalue weighted by Crippen LogP contribution is 2.19. The van der Waals surface area contributed by atoms with Gasteiger partial charge in [0, 0.05) is 64.8 Å². The third-order valence-corrected chi connectivity index (χ3v) is 6.08. The highest BCUT2D eigenvalue weighted by molar-refractivity contribution is 5.93. The van der Waals surface area contributed by atoms with Gasteiger partial charge in [0.05, 0.1) is 18.8 Å². The molecular weight excluding hydrogens is 418 g/mol. The first-order valence-electron chi connectivity index (χ1n) is 11.6. The fraction of sp³-hybridized carbons (Fsp3) is 0.520. The Bertz CT molecular complexity index is 863. The Morgan fingerprint density at radius 2 is 2.24 bits per heavy atom. The van der Waals surface area contributed by atoms with Crippen molar-refractivity contribution in [1.82, 2.24) is 20.1 Å². The van der Waals surface area contributed by atoms with Gasteiger partial charge in [0.25, 0.3) is 5.91 Å². The van der Waals surface area contributed by atoms with Gasteiger partial charge < -0.3 is 20.5 Å². The molecule has 3 N–H and O–H groups in total. The fourth-order valence-electron chi connectivity index (χ4n) is 4.08. The number of hydrogen-bond acceptors (Lipinski definition) is 7. The zero-order valence-corrected chi connectivity index (χ0v) is 19.8. The Morgan fingerprint density at radius 1 is 1.42 bits per heavy atom. The molecule has 3 heterocycles. The quantitative estimate of drug-likeness (QED) is 0.413. The molecule has 1 saturated heterocycles. The summed E-state index contributed by atoms with van der Waals surface area (Å²) in [6.07, 6.45) is 7.76. The number of nitrogens with one attached hydrogen (secondary N) is 2. The van der Waals surface area contributed by atoms with Gasteiger partial charge >= 0.3 is 0 Å². The van der Waals surface area contributed by atoms with Gasteiger partial charge in [-0.2, -0.15) is 0 Å². The zero-order chi connectivity index (χ0) is 23.6. The molecule has 0 aromatic carbocycles. The number of aliphatic hydroxyl groups is 1. The second kappa shape index (κ2) is 12.6. The van der Waals surface area contributed by atoms with Crippen molar-refractivity contribution in [2.24, 2.45) is 0 Å². The molecule has 2 aliphatic heterocycles. The van der Waals surface area contributed by atoms with E-state index >= 15 is 0 Å². The minimum atomic E-state index is -0.647. The lowest BCUT2D eigenvalue weighted by Gasteiger charge is -2.40. The maximum Gasteiger partial charge on any atom is 0.270 e. The molecule has 33 heavy (non-hydrogen) atoms. The van der Waals surface area contributed by atoms with Crippen molar-refractivity contribution in [3.63, 3.8) is 0 Å². The second-order valence-corrected chi connectivity index (χ2v) is 8.77. The van der Waals surface area contributed by atoms with Crippen molar-refractivity contribution < 1.29 is 14.6 Å².